The highest BCUT2D eigenvalue weighted by Gasteiger charge is 2.30. The van der Waals surface area contributed by atoms with Crippen LogP contribution in [0.3, 0.4) is 0 Å². The third kappa shape index (κ3) is 1.75. The van der Waals surface area contributed by atoms with Crippen LogP contribution in [-0.2, 0) is 0 Å². The van der Waals surface area contributed by atoms with E-state index in [2.05, 4.69) is 19.1 Å². The second-order valence-corrected chi connectivity index (χ2v) is 4.09. The number of benzene rings is 1. The van der Waals surface area contributed by atoms with Crippen molar-refractivity contribution < 1.29 is 4.74 Å². The highest BCUT2D eigenvalue weighted by molar-refractivity contribution is 5.37. The van der Waals surface area contributed by atoms with Crippen molar-refractivity contribution in [1.29, 1.82) is 0 Å². The standard InChI is InChI=1S/C12H17NO/c1-8-7-10(14-2)5-6-11(8)12(13)9-3-4-9/h5-7,9,12H,3-4,13H2,1-2H3. The fourth-order valence-corrected chi connectivity index (χ4v) is 1.86. The maximum atomic E-state index is 6.15. The van der Waals surface area contributed by atoms with Gasteiger partial charge < -0.3 is 10.5 Å². The molecule has 0 aliphatic heterocycles. The Morgan fingerprint density at radius 2 is 2.14 bits per heavy atom. The van der Waals surface area contributed by atoms with Crippen LogP contribution in [0.4, 0.5) is 0 Å². The Morgan fingerprint density at radius 1 is 1.43 bits per heavy atom. The molecule has 1 aliphatic carbocycles. The first-order valence-corrected chi connectivity index (χ1v) is 5.12. The maximum Gasteiger partial charge on any atom is 0.119 e. The molecule has 1 aliphatic rings. The van der Waals surface area contributed by atoms with Gasteiger partial charge in [0.05, 0.1) is 7.11 Å². The van der Waals surface area contributed by atoms with E-state index in [1.54, 1.807) is 7.11 Å². The molecule has 0 amide bonds. The Hall–Kier alpha value is -1.02. The lowest BCUT2D eigenvalue weighted by molar-refractivity contribution is 0.414. The van der Waals surface area contributed by atoms with E-state index in [0.29, 0.717) is 5.92 Å². The molecule has 14 heavy (non-hydrogen) atoms. The smallest absolute Gasteiger partial charge is 0.119 e. The normalized spacial score (nSPS) is 17.9. The number of hydrogen-bond acceptors (Lipinski definition) is 2. The Morgan fingerprint density at radius 3 is 2.64 bits per heavy atom. The molecule has 2 nitrogen and oxygen atoms in total. The van der Waals surface area contributed by atoms with Crippen molar-refractivity contribution in [2.45, 2.75) is 25.8 Å². The van der Waals surface area contributed by atoms with Gasteiger partial charge in [-0.2, -0.15) is 0 Å². The molecule has 0 bridgehead atoms. The predicted octanol–water partition coefficient (Wildman–Crippen LogP) is 2.41. The summed E-state index contributed by atoms with van der Waals surface area (Å²) in [7, 11) is 1.69. The monoisotopic (exact) mass is 191 g/mol. The van der Waals surface area contributed by atoms with E-state index in [0.717, 1.165) is 5.75 Å². The van der Waals surface area contributed by atoms with E-state index >= 15 is 0 Å². The number of aryl methyl sites for hydroxylation is 1. The van der Waals surface area contributed by atoms with Crippen molar-refractivity contribution >= 4 is 0 Å². The van der Waals surface area contributed by atoms with E-state index in [4.69, 9.17) is 10.5 Å². The molecule has 2 heteroatoms. The molecule has 0 spiro atoms. The zero-order valence-electron chi connectivity index (χ0n) is 8.79. The quantitative estimate of drug-likeness (QED) is 0.796. The summed E-state index contributed by atoms with van der Waals surface area (Å²) < 4.78 is 5.17. The molecule has 1 aromatic rings. The van der Waals surface area contributed by atoms with Crippen LogP contribution in [0.1, 0.15) is 30.0 Å². The predicted molar refractivity (Wildman–Crippen MR) is 57.4 cm³/mol. The molecule has 0 saturated heterocycles. The van der Waals surface area contributed by atoms with Gasteiger partial charge in [0.2, 0.25) is 0 Å². The van der Waals surface area contributed by atoms with Crippen molar-refractivity contribution in [2.75, 3.05) is 7.11 Å². The highest BCUT2D eigenvalue weighted by atomic mass is 16.5. The summed E-state index contributed by atoms with van der Waals surface area (Å²) in [5.41, 5.74) is 8.66. The third-order valence-electron chi connectivity index (χ3n) is 2.97. The molecule has 1 saturated carbocycles. The number of hydrogen-bond donors (Lipinski definition) is 1. The van der Waals surface area contributed by atoms with Crippen molar-refractivity contribution in [3.05, 3.63) is 29.3 Å². The molecule has 76 valence electrons. The summed E-state index contributed by atoms with van der Waals surface area (Å²) in [5, 5.41) is 0. The minimum atomic E-state index is 0.223. The summed E-state index contributed by atoms with van der Waals surface area (Å²) in [6.45, 7) is 2.10. The Bertz CT molecular complexity index is 331. The largest absolute Gasteiger partial charge is 0.497 e. The SMILES string of the molecule is COc1ccc(C(N)C2CC2)c(C)c1. The third-order valence-corrected chi connectivity index (χ3v) is 2.97. The lowest BCUT2D eigenvalue weighted by Crippen LogP contribution is -2.13. The van der Waals surface area contributed by atoms with Crippen molar-refractivity contribution in [2.24, 2.45) is 11.7 Å². The summed E-state index contributed by atoms with van der Waals surface area (Å²) in [4.78, 5) is 0. The van der Waals surface area contributed by atoms with E-state index in [1.165, 1.54) is 24.0 Å². The number of rotatable bonds is 3. The zero-order chi connectivity index (χ0) is 10.1. The van der Waals surface area contributed by atoms with Crippen LogP contribution in [0.25, 0.3) is 0 Å². The van der Waals surface area contributed by atoms with Crippen LogP contribution in [0.5, 0.6) is 5.75 Å². The summed E-state index contributed by atoms with van der Waals surface area (Å²) in [5.74, 6) is 1.62. The molecule has 1 unspecified atom stereocenters. The average Bonchev–Trinajstić information content (AvgIpc) is 3.00. The van der Waals surface area contributed by atoms with Gasteiger partial charge in [0.1, 0.15) is 5.75 Å². The Balaban J connectivity index is 2.24. The minimum Gasteiger partial charge on any atom is -0.497 e. The van der Waals surface area contributed by atoms with Crippen LogP contribution in [0.15, 0.2) is 18.2 Å². The molecule has 0 aromatic heterocycles. The van der Waals surface area contributed by atoms with Crippen LogP contribution < -0.4 is 10.5 Å². The van der Waals surface area contributed by atoms with Crippen LogP contribution >= 0.6 is 0 Å². The fourth-order valence-electron chi connectivity index (χ4n) is 1.86. The topological polar surface area (TPSA) is 35.2 Å². The Kier molecular flexibility index (Phi) is 2.46. The van der Waals surface area contributed by atoms with Gasteiger partial charge in [-0.05, 0) is 48.9 Å². The van der Waals surface area contributed by atoms with Crippen LogP contribution in [0.2, 0.25) is 0 Å². The van der Waals surface area contributed by atoms with Crippen molar-refractivity contribution in [1.82, 2.24) is 0 Å². The van der Waals surface area contributed by atoms with Crippen LogP contribution in [-0.4, -0.2) is 7.11 Å². The van der Waals surface area contributed by atoms with E-state index in [9.17, 15) is 0 Å². The van der Waals surface area contributed by atoms with Crippen molar-refractivity contribution in [3.63, 3.8) is 0 Å². The first kappa shape index (κ1) is 9.53. The van der Waals surface area contributed by atoms with E-state index < -0.39 is 0 Å². The van der Waals surface area contributed by atoms with E-state index in [1.807, 2.05) is 6.07 Å². The van der Waals surface area contributed by atoms with Gasteiger partial charge in [0, 0.05) is 6.04 Å². The number of nitrogens with two attached hydrogens (primary N) is 1. The minimum absolute atomic E-state index is 0.223. The molecule has 2 rings (SSSR count). The van der Waals surface area contributed by atoms with Gasteiger partial charge in [0.25, 0.3) is 0 Å². The van der Waals surface area contributed by atoms with Crippen LogP contribution in [0, 0.1) is 12.8 Å². The first-order chi connectivity index (χ1) is 6.72. The van der Waals surface area contributed by atoms with Crippen molar-refractivity contribution in [3.8, 4) is 5.75 Å². The Labute approximate surface area is 85.1 Å². The van der Waals surface area contributed by atoms with Gasteiger partial charge in [-0.1, -0.05) is 6.07 Å². The van der Waals surface area contributed by atoms with Gasteiger partial charge in [-0.3, -0.25) is 0 Å². The summed E-state index contributed by atoms with van der Waals surface area (Å²) in [6, 6.07) is 6.36. The molecule has 0 radical (unpaired) electrons. The molecule has 1 fully saturated rings. The van der Waals surface area contributed by atoms with E-state index in [-0.39, 0.29) is 6.04 Å². The zero-order valence-corrected chi connectivity index (χ0v) is 8.79. The van der Waals surface area contributed by atoms with Gasteiger partial charge in [-0.15, -0.1) is 0 Å². The summed E-state index contributed by atoms with van der Waals surface area (Å²) >= 11 is 0. The average molecular weight is 191 g/mol. The van der Waals surface area contributed by atoms with Gasteiger partial charge >= 0.3 is 0 Å². The summed E-state index contributed by atoms with van der Waals surface area (Å²) in [6.07, 6.45) is 2.57. The molecule has 2 N–H and O–H groups in total. The molecule has 0 heterocycles. The second kappa shape index (κ2) is 3.62. The molecular formula is C12H17NO. The first-order valence-electron chi connectivity index (χ1n) is 5.12. The van der Waals surface area contributed by atoms with Gasteiger partial charge in [-0.25, -0.2) is 0 Å². The molecule has 1 atom stereocenters. The molecular weight excluding hydrogens is 174 g/mol. The second-order valence-electron chi connectivity index (χ2n) is 4.09. The molecule has 1 aromatic carbocycles. The highest BCUT2D eigenvalue weighted by Crippen LogP contribution is 2.40. The fraction of sp³-hybridized carbons (Fsp3) is 0.500. The van der Waals surface area contributed by atoms with Gasteiger partial charge in [0.15, 0.2) is 0 Å². The maximum absolute atomic E-state index is 6.15. The lowest BCUT2D eigenvalue weighted by atomic mass is 9.98. The lowest BCUT2D eigenvalue weighted by Gasteiger charge is -2.14. The number of methoxy groups -OCH3 is 1. The number of ether oxygens (including phenoxy) is 1.